The lowest BCUT2D eigenvalue weighted by Gasteiger charge is -2.21. The van der Waals surface area contributed by atoms with E-state index in [2.05, 4.69) is 14.9 Å². The molecule has 0 bridgehead atoms. The zero-order valence-corrected chi connectivity index (χ0v) is 22.7. The minimum atomic E-state index is -4.11. The lowest BCUT2D eigenvalue weighted by molar-refractivity contribution is 0.0780. The van der Waals surface area contributed by atoms with E-state index in [0.29, 0.717) is 39.4 Å². The molecule has 0 radical (unpaired) electrons. The van der Waals surface area contributed by atoms with Crippen molar-refractivity contribution >= 4 is 21.8 Å². The largest absolute Gasteiger partial charge is 0.445 e. The third kappa shape index (κ3) is 5.23. The molecule has 5 aromatic rings. The molecule has 1 amide bonds. The van der Waals surface area contributed by atoms with E-state index in [0.717, 1.165) is 0 Å². The molecule has 2 aromatic heterocycles. The molecule has 0 aliphatic rings. The lowest BCUT2D eigenvalue weighted by Crippen LogP contribution is -2.27. The molecular formula is C29H25FN4O5S. The molecule has 0 fully saturated rings. The van der Waals surface area contributed by atoms with Crippen molar-refractivity contribution in [2.24, 2.45) is 0 Å². The van der Waals surface area contributed by atoms with Gasteiger partial charge in [0.1, 0.15) is 12.1 Å². The van der Waals surface area contributed by atoms with Crippen LogP contribution >= 0.6 is 0 Å². The molecule has 0 unspecified atom stereocenters. The average Bonchev–Trinajstić information content (AvgIpc) is 3.59. The summed E-state index contributed by atoms with van der Waals surface area (Å²) < 4.78 is 54.6. The van der Waals surface area contributed by atoms with Crippen LogP contribution in [0.3, 0.4) is 0 Å². The topological polar surface area (TPSA) is 119 Å². The smallest absolute Gasteiger partial charge is 0.264 e. The Hall–Kier alpha value is -4.77. The van der Waals surface area contributed by atoms with Gasteiger partial charge in [0.15, 0.2) is 0 Å². The fraction of sp³-hybridized carbons (Fsp3) is 0.138. The van der Waals surface area contributed by atoms with E-state index >= 15 is 0 Å². The summed E-state index contributed by atoms with van der Waals surface area (Å²) in [4.78, 5) is 18.7. The highest BCUT2D eigenvalue weighted by Crippen LogP contribution is 2.35. The number of aromatic nitrogens is 2. The molecule has 0 spiro atoms. The van der Waals surface area contributed by atoms with Gasteiger partial charge in [-0.1, -0.05) is 41.6 Å². The number of anilines is 1. The maximum Gasteiger partial charge on any atom is 0.264 e. The van der Waals surface area contributed by atoms with E-state index in [-0.39, 0.29) is 22.9 Å². The monoisotopic (exact) mass is 560 g/mol. The zero-order chi connectivity index (χ0) is 28.4. The van der Waals surface area contributed by atoms with Crippen molar-refractivity contribution < 1.29 is 26.5 Å². The first-order valence-corrected chi connectivity index (χ1v) is 13.7. The van der Waals surface area contributed by atoms with Gasteiger partial charge in [0.05, 0.1) is 22.3 Å². The highest BCUT2D eigenvalue weighted by Gasteiger charge is 2.25. The molecule has 9 nitrogen and oxygen atoms in total. The first-order chi connectivity index (χ1) is 19.2. The number of nitrogens with one attached hydrogen (secondary N) is 1. The number of hydrogen-bond donors (Lipinski definition) is 1. The van der Waals surface area contributed by atoms with Gasteiger partial charge in [0.25, 0.3) is 15.9 Å². The number of aryl methyl sites for hydroxylation is 1. The van der Waals surface area contributed by atoms with E-state index in [1.54, 1.807) is 63.4 Å². The number of halogens is 1. The van der Waals surface area contributed by atoms with Gasteiger partial charge in [-0.3, -0.25) is 4.79 Å². The maximum atomic E-state index is 14.4. The van der Waals surface area contributed by atoms with Crippen molar-refractivity contribution in [3.8, 4) is 22.6 Å². The lowest BCUT2D eigenvalue weighted by atomic mass is 9.96. The van der Waals surface area contributed by atoms with Crippen LogP contribution < -0.4 is 4.72 Å². The van der Waals surface area contributed by atoms with E-state index < -0.39 is 21.7 Å². The molecule has 0 saturated carbocycles. The standard InChI is InChI=1S/C29H25FN4O5S/c1-18-19(2)32-39-27(18)33-40(36,37)26-11-7-5-8-23(26)22-13-12-20(28-31-14-15-38-28)16-21(22)17-34(3)29(35)24-9-4-6-10-25(24)30/h4-16,33H,17H2,1-3H3. The van der Waals surface area contributed by atoms with Gasteiger partial charge >= 0.3 is 0 Å². The van der Waals surface area contributed by atoms with Crippen molar-refractivity contribution in [2.45, 2.75) is 25.3 Å². The van der Waals surface area contributed by atoms with Crippen LogP contribution in [0.15, 0.2) is 93.0 Å². The van der Waals surface area contributed by atoms with Gasteiger partial charge < -0.3 is 13.8 Å². The number of carbonyl (C=O) groups is 1. The second-order valence-electron chi connectivity index (χ2n) is 9.17. The van der Waals surface area contributed by atoms with E-state index in [1.165, 1.54) is 41.6 Å². The minimum Gasteiger partial charge on any atom is -0.445 e. The number of rotatable bonds is 8. The Balaban J connectivity index is 1.59. The van der Waals surface area contributed by atoms with Gasteiger partial charge in [0, 0.05) is 30.3 Å². The summed E-state index contributed by atoms with van der Waals surface area (Å²) in [6.45, 7) is 3.46. The normalized spacial score (nSPS) is 11.4. The summed E-state index contributed by atoms with van der Waals surface area (Å²) in [6.07, 6.45) is 2.95. The van der Waals surface area contributed by atoms with Crippen LogP contribution in [0.5, 0.6) is 0 Å². The Morgan fingerprint density at radius 1 is 1.02 bits per heavy atom. The molecule has 0 atom stereocenters. The Morgan fingerprint density at radius 3 is 2.48 bits per heavy atom. The van der Waals surface area contributed by atoms with Crippen LogP contribution in [-0.2, 0) is 16.6 Å². The fourth-order valence-electron chi connectivity index (χ4n) is 4.26. The van der Waals surface area contributed by atoms with E-state index in [9.17, 15) is 17.6 Å². The molecule has 1 N–H and O–H groups in total. The molecule has 0 saturated heterocycles. The maximum absolute atomic E-state index is 14.4. The fourth-order valence-corrected chi connectivity index (χ4v) is 5.53. The summed E-state index contributed by atoms with van der Waals surface area (Å²) in [5.74, 6) is -0.769. The van der Waals surface area contributed by atoms with Gasteiger partial charge in [-0.25, -0.2) is 22.5 Å². The number of benzene rings is 3. The van der Waals surface area contributed by atoms with Crippen LogP contribution in [0.25, 0.3) is 22.6 Å². The summed E-state index contributed by atoms with van der Waals surface area (Å²) in [5, 5.41) is 3.82. The van der Waals surface area contributed by atoms with Crippen molar-refractivity contribution in [3.63, 3.8) is 0 Å². The van der Waals surface area contributed by atoms with Crippen molar-refractivity contribution in [2.75, 3.05) is 11.8 Å². The second kappa shape index (κ2) is 10.8. The predicted octanol–water partition coefficient (Wildman–Crippen LogP) is 5.83. The second-order valence-corrected chi connectivity index (χ2v) is 10.8. The quantitative estimate of drug-likeness (QED) is 0.254. The SMILES string of the molecule is Cc1noc(NS(=O)(=O)c2ccccc2-c2ccc(-c3ncco3)cc2CN(C)C(=O)c2ccccc2F)c1C. The molecule has 40 heavy (non-hydrogen) atoms. The van der Waals surface area contributed by atoms with Crippen molar-refractivity contribution in [1.29, 1.82) is 0 Å². The third-order valence-corrected chi connectivity index (χ3v) is 7.88. The Kier molecular flexibility index (Phi) is 7.22. The molecule has 5 rings (SSSR count). The Bertz CT molecular complexity index is 1800. The van der Waals surface area contributed by atoms with Gasteiger partial charge in [-0.2, -0.15) is 0 Å². The van der Waals surface area contributed by atoms with Gasteiger partial charge in [-0.15, -0.1) is 0 Å². The summed E-state index contributed by atoms with van der Waals surface area (Å²) >= 11 is 0. The van der Waals surface area contributed by atoms with Crippen molar-refractivity contribution in [1.82, 2.24) is 15.0 Å². The predicted molar refractivity (Wildman–Crippen MR) is 146 cm³/mol. The Morgan fingerprint density at radius 2 is 1.77 bits per heavy atom. The summed E-state index contributed by atoms with van der Waals surface area (Å²) in [5.41, 5.74) is 3.24. The molecule has 204 valence electrons. The number of oxazole rings is 1. The molecule has 11 heteroatoms. The molecule has 3 aromatic carbocycles. The van der Waals surface area contributed by atoms with Crippen LogP contribution in [0.4, 0.5) is 10.3 Å². The zero-order valence-electron chi connectivity index (χ0n) is 21.9. The van der Waals surface area contributed by atoms with Crippen LogP contribution in [0.1, 0.15) is 27.2 Å². The summed E-state index contributed by atoms with van der Waals surface area (Å²) in [7, 11) is -2.56. The summed E-state index contributed by atoms with van der Waals surface area (Å²) in [6, 6.07) is 17.5. The molecule has 0 aliphatic heterocycles. The van der Waals surface area contributed by atoms with Gasteiger partial charge in [0.2, 0.25) is 11.8 Å². The van der Waals surface area contributed by atoms with E-state index in [4.69, 9.17) is 8.94 Å². The molecule has 0 aliphatic carbocycles. The highest BCUT2D eigenvalue weighted by atomic mass is 32.2. The van der Waals surface area contributed by atoms with Crippen molar-refractivity contribution in [3.05, 3.63) is 107 Å². The number of sulfonamides is 1. The average molecular weight is 561 g/mol. The van der Waals surface area contributed by atoms with Crippen LogP contribution in [0.2, 0.25) is 0 Å². The first-order valence-electron chi connectivity index (χ1n) is 12.2. The Labute approximate surface area is 230 Å². The van der Waals surface area contributed by atoms with E-state index in [1.807, 2.05) is 0 Å². The molecular weight excluding hydrogens is 535 g/mol. The number of carbonyl (C=O) groups excluding carboxylic acids is 1. The highest BCUT2D eigenvalue weighted by molar-refractivity contribution is 7.92. The van der Waals surface area contributed by atoms with Gasteiger partial charge in [-0.05, 0) is 55.3 Å². The minimum absolute atomic E-state index is 0.00309. The number of amides is 1. The number of nitrogens with zero attached hydrogens (tertiary/aromatic N) is 3. The first kappa shape index (κ1) is 26.8. The number of hydrogen-bond acceptors (Lipinski definition) is 7. The molecule has 2 heterocycles. The third-order valence-electron chi connectivity index (χ3n) is 6.49. The van der Waals surface area contributed by atoms with Crippen LogP contribution in [0, 0.1) is 19.7 Å². The van der Waals surface area contributed by atoms with Crippen LogP contribution in [-0.4, -0.2) is 36.4 Å².